The van der Waals surface area contributed by atoms with Gasteiger partial charge in [-0.05, 0) is 55.8 Å². The van der Waals surface area contributed by atoms with E-state index in [1.807, 2.05) is 36.4 Å². The van der Waals surface area contributed by atoms with Crippen molar-refractivity contribution in [2.75, 3.05) is 57.8 Å². The van der Waals surface area contributed by atoms with Crippen LogP contribution in [0.15, 0.2) is 36.4 Å². The quantitative estimate of drug-likeness (QED) is 0.756. The zero-order valence-corrected chi connectivity index (χ0v) is 18.0. The second-order valence-corrected chi connectivity index (χ2v) is 8.05. The highest BCUT2D eigenvalue weighted by molar-refractivity contribution is 5.80. The molecule has 2 aliphatic rings. The van der Waals surface area contributed by atoms with Crippen LogP contribution in [0.4, 0.5) is 5.82 Å². The van der Waals surface area contributed by atoms with Crippen molar-refractivity contribution >= 4 is 11.7 Å². The Bertz CT molecular complexity index is 832. The van der Waals surface area contributed by atoms with E-state index in [0.717, 1.165) is 81.5 Å². The predicted octanol–water partition coefficient (Wildman–Crippen LogP) is 2.53. The fourth-order valence-corrected chi connectivity index (χ4v) is 4.34. The summed E-state index contributed by atoms with van der Waals surface area (Å²) in [5.41, 5.74) is 1.84. The maximum absolute atomic E-state index is 13.1. The summed E-state index contributed by atoms with van der Waals surface area (Å²) in [4.78, 5) is 19.7. The highest BCUT2D eigenvalue weighted by Crippen LogP contribution is 2.25. The van der Waals surface area contributed by atoms with Gasteiger partial charge in [-0.1, -0.05) is 6.92 Å². The number of likely N-dealkylation sites (N-methyl/N-ethyl adjacent to an activating group) is 1. The molecule has 1 unspecified atom stereocenters. The van der Waals surface area contributed by atoms with Gasteiger partial charge in [-0.2, -0.15) is 0 Å². The smallest absolute Gasteiger partial charge is 0.227 e. The minimum Gasteiger partial charge on any atom is -0.497 e. The summed E-state index contributed by atoms with van der Waals surface area (Å²) in [5, 5.41) is 8.89. The summed E-state index contributed by atoms with van der Waals surface area (Å²) in [7, 11) is 1.66. The van der Waals surface area contributed by atoms with Gasteiger partial charge in [0.2, 0.25) is 5.91 Å². The number of carbonyl (C=O) groups is 1. The Hall–Kier alpha value is -2.67. The number of hydrogen-bond acceptors (Lipinski definition) is 6. The van der Waals surface area contributed by atoms with Crippen LogP contribution in [0.1, 0.15) is 19.8 Å². The molecule has 0 saturated carbocycles. The SMILES string of the molecule is CCN1CCN(C(=O)C2CCCN(c3ccc(-c4ccc(OC)cc4)nn3)C2)CC1. The Labute approximate surface area is 178 Å². The van der Waals surface area contributed by atoms with Crippen LogP contribution in [-0.2, 0) is 4.79 Å². The first-order chi connectivity index (χ1) is 14.7. The van der Waals surface area contributed by atoms with Crippen LogP contribution in [0.5, 0.6) is 5.75 Å². The Kier molecular flexibility index (Phi) is 6.47. The van der Waals surface area contributed by atoms with Gasteiger partial charge in [0.1, 0.15) is 5.75 Å². The molecule has 2 aliphatic heterocycles. The average molecular weight is 410 g/mol. The lowest BCUT2D eigenvalue weighted by molar-refractivity contribution is -0.137. The number of aromatic nitrogens is 2. The molecule has 7 nitrogen and oxygen atoms in total. The van der Waals surface area contributed by atoms with Crippen LogP contribution in [-0.4, -0.2) is 78.8 Å². The summed E-state index contributed by atoms with van der Waals surface area (Å²) in [6, 6.07) is 11.8. The molecule has 7 heteroatoms. The van der Waals surface area contributed by atoms with E-state index in [9.17, 15) is 4.79 Å². The summed E-state index contributed by atoms with van der Waals surface area (Å²) in [5.74, 6) is 2.03. The van der Waals surface area contributed by atoms with Gasteiger partial charge in [0, 0.05) is 44.8 Å². The molecule has 2 aromatic rings. The number of rotatable bonds is 5. The molecule has 4 rings (SSSR count). The van der Waals surface area contributed by atoms with Crippen molar-refractivity contribution in [1.29, 1.82) is 0 Å². The van der Waals surface area contributed by atoms with Crippen molar-refractivity contribution in [1.82, 2.24) is 20.0 Å². The molecule has 3 heterocycles. The Morgan fingerprint density at radius 1 is 1.03 bits per heavy atom. The third-order valence-electron chi connectivity index (χ3n) is 6.26. The largest absolute Gasteiger partial charge is 0.497 e. The number of nitrogens with zero attached hydrogens (tertiary/aromatic N) is 5. The maximum Gasteiger partial charge on any atom is 0.227 e. The van der Waals surface area contributed by atoms with Crippen molar-refractivity contribution < 1.29 is 9.53 Å². The molecule has 1 aromatic heterocycles. The maximum atomic E-state index is 13.1. The van der Waals surface area contributed by atoms with Crippen molar-refractivity contribution in [2.24, 2.45) is 5.92 Å². The summed E-state index contributed by atoms with van der Waals surface area (Å²) < 4.78 is 5.21. The van der Waals surface area contributed by atoms with Gasteiger partial charge in [-0.25, -0.2) is 0 Å². The number of amides is 1. The first-order valence-electron chi connectivity index (χ1n) is 10.9. The number of benzene rings is 1. The van der Waals surface area contributed by atoms with E-state index in [2.05, 4.69) is 31.8 Å². The molecule has 1 aromatic carbocycles. The van der Waals surface area contributed by atoms with Crippen molar-refractivity contribution in [2.45, 2.75) is 19.8 Å². The van der Waals surface area contributed by atoms with E-state index in [1.54, 1.807) is 7.11 Å². The zero-order chi connectivity index (χ0) is 20.9. The predicted molar refractivity (Wildman–Crippen MR) is 118 cm³/mol. The third-order valence-corrected chi connectivity index (χ3v) is 6.26. The van der Waals surface area contributed by atoms with Crippen LogP contribution >= 0.6 is 0 Å². The molecule has 2 saturated heterocycles. The Morgan fingerprint density at radius 2 is 1.80 bits per heavy atom. The molecular formula is C23H31N5O2. The number of carbonyl (C=O) groups excluding carboxylic acids is 1. The summed E-state index contributed by atoms with van der Waals surface area (Å²) >= 11 is 0. The number of ether oxygens (including phenoxy) is 1. The molecule has 0 spiro atoms. The average Bonchev–Trinajstić information content (AvgIpc) is 2.84. The molecular weight excluding hydrogens is 378 g/mol. The van der Waals surface area contributed by atoms with Gasteiger partial charge in [-0.3, -0.25) is 4.79 Å². The first-order valence-corrected chi connectivity index (χ1v) is 10.9. The van der Waals surface area contributed by atoms with Crippen LogP contribution < -0.4 is 9.64 Å². The first kappa shape index (κ1) is 20.6. The number of anilines is 1. The highest BCUT2D eigenvalue weighted by Gasteiger charge is 2.31. The van der Waals surface area contributed by atoms with Crippen molar-refractivity contribution in [3.63, 3.8) is 0 Å². The number of piperazine rings is 1. The molecule has 1 atom stereocenters. The molecule has 0 N–H and O–H groups in total. The van der Waals surface area contributed by atoms with Crippen molar-refractivity contribution in [3.05, 3.63) is 36.4 Å². The van der Waals surface area contributed by atoms with Crippen LogP contribution in [0, 0.1) is 5.92 Å². The molecule has 0 bridgehead atoms. The van der Waals surface area contributed by atoms with E-state index in [4.69, 9.17) is 4.74 Å². The lowest BCUT2D eigenvalue weighted by Gasteiger charge is -2.39. The molecule has 0 aliphatic carbocycles. The number of hydrogen-bond donors (Lipinski definition) is 0. The molecule has 160 valence electrons. The summed E-state index contributed by atoms with van der Waals surface area (Å²) in [6.45, 7) is 8.54. The van der Waals surface area contributed by atoms with E-state index in [0.29, 0.717) is 5.91 Å². The van der Waals surface area contributed by atoms with Crippen LogP contribution in [0.2, 0.25) is 0 Å². The van der Waals surface area contributed by atoms with E-state index >= 15 is 0 Å². The second kappa shape index (κ2) is 9.43. The minimum atomic E-state index is 0.0509. The fourth-order valence-electron chi connectivity index (χ4n) is 4.34. The van der Waals surface area contributed by atoms with Gasteiger partial charge >= 0.3 is 0 Å². The highest BCUT2D eigenvalue weighted by atomic mass is 16.5. The lowest BCUT2D eigenvalue weighted by Crippen LogP contribution is -2.52. The molecule has 30 heavy (non-hydrogen) atoms. The van der Waals surface area contributed by atoms with E-state index < -0.39 is 0 Å². The Morgan fingerprint density at radius 3 is 2.43 bits per heavy atom. The fraction of sp³-hybridized carbons (Fsp3) is 0.522. The van der Waals surface area contributed by atoms with Crippen LogP contribution in [0.25, 0.3) is 11.3 Å². The van der Waals surface area contributed by atoms with Gasteiger partial charge < -0.3 is 19.4 Å². The van der Waals surface area contributed by atoms with E-state index in [1.165, 1.54) is 0 Å². The monoisotopic (exact) mass is 409 g/mol. The summed E-state index contributed by atoms with van der Waals surface area (Å²) in [6.07, 6.45) is 1.97. The van der Waals surface area contributed by atoms with Gasteiger partial charge in [0.15, 0.2) is 5.82 Å². The second-order valence-electron chi connectivity index (χ2n) is 8.05. The van der Waals surface area contributed by atoms with Crippen molar-refractivity contribution in [3.8, 4) is 17.0 Å². The van der Waals surface area contributed by atoms with E-state index in [-0.39, 0.29) is 5.92 Å². The topological polar surface area (TPSA) is 61.8 Å². The number of piperidine rings is 1. The van der Waals surface area contributed by atoms with Gasteiger partial charge in [0.25, 0.3) is 0 Å². The normalized spacial score (nSPS) is 20.3. The Balaban J connectivity index is 1.38. The minimum absolute atomic E-state index is 0.0509. The van der Waals surface area contributed by atoms with Gasteiger partial charge in [-0.15, -0.1) is 10.2 Å². The standard InChI is InChI=1S/C23H31N5O2/c1-3-26-13-15-27(16-14-26)23(29)19-5-4-12-28(17-19)22-11-10-21(24-25-22)18-6-8-20(30-2)9-7-18/h6-11,19H,3-5,12-17H2,1-2H3. The third kappa shape index (κ3) is 4.56. The molecule has 0 radical (unpaired) electrons. The number of methoxy groups -OCH3 is 1. The molecule has 1 amide bonds. The van der Waals surface area contributed by atoms with Gasteiger partial charge in [0.05, 0.1) is 18.7 Å². The van der Waals surface area contributed by atoms with Crippen LogP contribution in [0.3, 0.4) is 0 Å². The molecule has 2 fully saturated rings. The lowest BCUT2D eigenvalue weighted by atomic mass is 9.96. The zero-order valence-electron chi connectivity index (χ0n) is 18.0.